The molecule has 1 amide bonds. The number of aldehydes is 1. The summed E-state index contributed by atoms with van der Waals surface area (Å²) in [6.45, 7) is 18.5. The molecular formula is C37H44ClN5O4. The van der Waals surface area contributed by atoms with E-state index in [9.17, 15) is 14.4 Å². The number of carbonyl (C=O) groups excluding carboxylic acids is 2. The summed E-state index contributed by atoms with van der Waals surface area (Å²) < 4.78 is 7.14. The number of hydrogen-bond acceptors (Lipinski definition) is 7. The smallest absolute Gasteiger partial charge is 0.410 e. The van der Waals surface area contributed by atoms with Crippen LogP contribution in [0.25, 0.3) is 28.0 Å². The summed E-state index contributed by atoms with van der Waals surface area (Å²) in [5.74, 6) is 0.626. The molecule has 0 N–H and O–H groups in total. The van der Waals surface area contributed by atoms with Crippen LogP contribution in [0, 0.1) is 0 Å². The average molecular weight is 658 g/mol. The predicted octanol–water partition coefficient (Wildman–Crippen LogP) is 7.99. The first-order chi connectivity index (χ1) is 22.1. The monoisotopic (exact) mass is 657 g/mol. The molecule has 1 aliphatic rings. The summed E-state index contributed by atoms with van der Waals surface area (Å²) >= 11 is 7.07. The van der Waals surface area contributed by atoms with Crippen LogP contribution in [0.2, 0.25) is 5.02 Å². The summed E-state index contributed by atoms with van der Waals surface area (Å²) in [6.07, 6.45) is 0.382. The Bertz CT molecular complexity index is 1890. The number of rotatable bonds is 6. The molecule has 2 atom stereocenters. The minimum atomic E-state index is -0.625. The Balaban J connectivity index is 1.78. The molecule has 5 rings (SSSR count). The summed E-state index contributed by atoms with van der Waals surface area (Å²) in [7, 11) is 0. The van der Waals surface area contributed by atoms with E-state index < -0.39 is 11.3 Å². The molecule has 1 fully saturated rings. The fourth-order valence-electron chi connectivity index (χ4n) is 6.33. The Morgan fingerprint density at radius 1 is 0.957 bits per heavy atom. The molecule has 0 radical (unpaired) electrons. The largest absolute Gasteiger partial charge is 0.444 e. The maximum Gasteiger partial charge on any atom is 0.410 e. The summed E-state index contributed by atoms with van der Waals surface area (Å²) in [5, 5.41) is 0.986. The molecular weight excluding hydrogens is 614 g/mol. The lowest BCUT2D eigenvalue weighted by atomic mass is 9.95. The zero-order valence-corrected chi connectivity index (χ0v) is 29.4. The Labute approximate surface area is 281 Å². The molecule has 2 aromatic heterocycles. The van der Waals surface area contributed by atoms with Crippen LogP contribution >= 0.6 is 11.6 Å². The zero-order chi connectivity index (χ0) is 34.4. The van der Waals surface area contributed by atoms with Crippen molar-refractivity contribution < 1.29 is 14.3 Å². The van der Waals surface area contributed by atoms with E-state index in [0.717, 1.165) is 23.0 Å². The highest BCUT2D eigenvalue weighted by atomic mass is 35.5. The number of anilines is 1. The number of fused-ring (bicyclic) bond motifs is 1. The predicted molar refractivity (Wildman–Crippen MR) is 188 cm³/mol. The van der Waals surface area contributed by atoms with E-state index in [1.165, 1.54) is 4.57 Å². The maximum atomic E-state index is 14.3. The van der Waals surface area contributed by atoms with E-state index >= 15 is 0 Å². The van der Waals surface area contributed by atoms with Gasteiger partial charge in [-0.15, -0.1) is 0 Å². The van der Waals surface area contributed by atoms with E-state index in [2.05, 4.69) is 24.9 Å². The van der Waals surface area contributed by atoms with Gasteiger partial charge in [0.25, 0.3) is 0 Å². The van der Waals surface area contributed by atoms with E-state index in [0.29, 0.717) is 51.9 Å². The second-order valence-corrected chi connectivity index (χ2v) is 14.4. The van der Waals surface area contributed by atoms with Crippen LogP contribution in [0.3, 0.4) is 0 Å². The number of pyridine rings is 1. The van der Waals surface area contributed by atoms with Crippen molar-refractivity contribution in [2.24, 2.45) is 0 Å². The molecule has 0 saturated carbocycles. The fourth-order valence-corrected chi connectivity index (χ4v) is 6.58. The summed E-state index contributed by atoms with van der Waals surface area (Å²) in [5.41, 5.74) is 3.29. The Morgan fingerprint density at radius 2 is 1.62 bits per heavy atom. The van der Waals surface area contributed by atoms with Gasteiger partial charge in [-0.3, -0.25) is 4.79 Å². The number of piperazine rings is 1. The third-order valence-electron chi connectivity index (χ3n) is 8.60. The van der Waals surface area contributed by atoms with E-state index in [4.69, 9.17) is 21.3 Å². The molecule has 0 spiro atoms. The van der Waals surface area contributed by atoms with Crippen molar-refractivity contribution in [2.75, 3.05) is 18.0 Å². The third kappa shape index (κ3) is 6.63. The lowest BCUT2D eigenvalue weighted by Gasteiger charge is -2.44. The standard InChI is InChI=1S/C37H44ClN5O4/c1-21(2)26-14-10-11-15-28(26)31-30(38)17-29-33(41-18-24(6)42(19-23(41)5)36(46)47-37(7,8)9)40-35(45)43(34(29)39-31)32-25(20-44)13-12-16-27(32)22(3)4/h10-17,20-24H,18-19H2,1-9H3/t23-,24-/m0/s1. The molecule has 1 aliphatic heterocycles. The SMILES string of the molecule is CC(C)c1ccccc1-c1nc2c(cc1Cl)c(N1C[C@H](C)N(C(=O)OC(C)(C)C)C[C@@H]1C)nc(=O)n2-c1c(C=O)cccc1C(C)C. The number of carbonyl (C=O) groups is 2. The van der Waals surface area contributed by atoms with Gasteiger partial charge in [-0.1, -0.05) is 75.7 Å². The van der Waals surface area contributed by atoms with Crippen molar-refractivity contribution in [3.05, 3.63) is 80.7 Å². The number of halogens is 1. The normalized spacial score (nSPS) is 17.1. The van der Waals surface area contributed by atoms with Gasteiger partial charge in [-0.2, -0.15) is 4.98 Å². The van der Waals surface area contributed by atoms with Crippen molar-refractivity contribution in [3.63, 3.8) is 0 Å². The number of para-hydroxylation sites is 1. The van der Waals surface area contributed by atoms with Crippen molar-refractivity contribution >= 4 is 40.8 Å². The fraction of sp³-hybridized carbons (Fsp3) is 0.432. The van der Waals surface area contributed by atoms with Crippen molar-refractivity contribution in [2.45, 2.75) is 91.8 Å². The first-order valence-corrected chi connectivity index (χ1v) is 16.6. The summed E-state index contributed by atoms with van der Waals surface area (Å²) in [6, 6.07) is 14.8. The zero-order valence-electron chi connectivity index (χ0n) is 28.7. The van der Waals surface area contributed by atoms with Crippen LogP contribution in [0.1, 0.15) is 95.6 Å². The molecule has 9 nitrogen and oxygen atoms in total. The first kappa shape index (κ1) is 34.1. The molecule has 2 aromatic carbocycles. The van der Waals surface area contributed by atoms with Crippen LogP contribution in [-0.4, -0.2) is 62.6 Å². The highest BCUT2D eigenvalue weighted by molar-refractivity contribution is 6.34. The number of amides is 1. The van der Waals surface area contributed by atoms with Crippen molar-refractivity contribution in [1.82, 2.24) is 19.4 Å². The second kappa shape index (κ2) is 13.1. The van der Waals surface area contributed by atoms with E-state index in [-0.39, 0.29) is 30.0 Å². The average Bonchev–Trinajstić information content (AvgIpc) is 3.00. The third-order valence-corrected chi connectivity index (χ3v) is 8.88. The molecule has 10 heteroatoms. The quantitative estimate of drug-likeness (QED) is 0.194. The minimum Gasteiger partial charge on any atom is -0.444 e. The van der Waals surface area contributed by atoms with Crippen LogP contribution in [0.15, 0.2) is 53.3 Å². The minimum absolute atomic E-state index is 0.00164. The molecule has 248 valence electrons. The lowest BCUT2D eigenvalue weighted by Crippen LogP contribution is -2.59. The van der Waals surface area contributed by atoms with Crippen LogP contribution in [-0.2, 0) is 4.74 Å². The van der Waals surface area contributed by atoms with Crippen LogP contribution in [0.5, 0.6) is 0 Å². The van der Waals surface area contributed by atoms with Crippen LogP contribution in [0.4, 0.5) is 10.6 Å². The number of ether oxygens (including phenoxy) is 1. The van der Waals surface area contributed by atoms with Crippen molar-refractivity contribution in [1.29, 1.82) is 0 Å². The number of benzene rings is 2. The van der Waals surface area contributed by atoms with E-state index in [1.807, 2.05) is 89.8 Å². The first-order valence-electron chi connectivity index (χ1n) is 16.2. The molecule has 4 aromatic rings. The van der Waals surface area contributed by atoms with Gasteiger partial charge in [0.05, 0.1) is 21.8 Å². The molecule has 47 heavy (non-hydrogen) atoms. The Kier molecular flexibility index (Phi) is 9.51. The van der Waals surface area contributed by atoms with Gasteiger partial charge in [-0.05, 0) is 69.7 Å². The summed E-state index contributed by atoms with van der Waals surface area (Å²) in [4.78, 5) is 53.4. The highest BCUT2D eigenvalue weighted by Crippen LogP contribution is 2.38. The van der Waals surface area contributed by atoms with Gasteiger partial charge in [0, 0.05) is 36.3 Å². The molecule has 0 unspecified atom stereocenters. The highest BCUT2D eigenvalue weighted by Gasteiger charge is 2.36. The lowest BCUT2D eigenvalue weighted by molar-refractivity contribution is 0.0130. The van der Waals surface area contributed by atoms with Gasteiger partial charge in [0.15, 0.2) is 11.9 Å². The number of hydrogen-bond donors (Lipinski definition) is 0. The second-order valence-electron chi connectivity index (χ2n) is 14.0. The maximum absolute atomic E-state index is 14.3. The number of aromatic nitrogens is 3. The molecule has 1 saturated heterocycles. The van der Waals surface area contributed by atoms with Crippen LogP contribution < -0.4 is 10.6 Å². The number of nitrogens with zero attached hydrogens (tertiary/aromatic N) is 5. The Hall–Kier alpha value is -4.24. The topological polar surface area (TPSA) is 97.6 Å². The van der Waals surface area contributed by atoms with Crippen molar-refractivity contribution in [3.8, 4) is 16.9 Å². The van der Waals surface area contributed by atoms with Gasteiger partial charge in [0.2, 0.25) is 0 Å². The molecule has 3 heterocycles. The van der Waals surface area contributed by atoms with Gasteiger partial charge >= 0.3 is 11.8 Å². The van der Waals surface area contributed by atoms with Gasteiger partial charge in [-0.25, -0.2) is 19.1 Å². The molecule has 0 bridgehead atoms. The molecule has 0 aliphatic carbocycles. The van der Waals surface area contributed by atoms with Gasteiger partial charge in [0.1, 0.15) is 11.4 Å². The van der Waals surface area contributed by atoms with E-state index in [1.54, 1.807) is 11.0 Å². The Morgan fingerprint density at radius 3 is 2.26 bits per heavy atom. The van der Waals surface area contributed by atoms with Gasteiger partial charge < -0.3 is 14.5 Å².